The van der Waals surface area contributed by atoms with Crippen molar-refractivity contribution in [3.8, 4) is 5.75 Å². The summed E-state index contributed by atoms with van der Waals surface area (Å²) in [4.78, 5) is 11.0. The lowest BCUT2D eigenvalue weighted by molar-refractivity contribution is -0.120. The molecule has 0 heterocycles. The van der Waals surface area contributed by atoms with Crippen molar-refractivity contribution in [1.29, 1.82) is 0 Å². The Morgan fingerprint density at radius 3 is 2.68 bits per heavy atom. The maximum atomic E-state index is 13.1. The van der Waals surface area contributed by atoms with E-state index in [1.54, 1.807) is 0 Å². The Morgan fingerprint density at radius 1 is 1.37 bits per heavy atom. The Bertz CT molecular complexity index is 457. The van der Waals surface area contributed by atoms with Crippen LogP contribution in [0.25, 0.3) is 0 Å². The lowest BCUT2D eigenvalue weighted by Crippen LogP contribution is -2.38. The number of hydrogen-bond donors (Lipinski definition) is 2. The second kappa shape index (κ2) is 5.91. The van der Waals surface area contributed by atoms with Gasteiger partial charge in [-0.15, -0.1) is 0 Å². The summed E-state index contributed by atoms with van der Waals surface area (Å²) in [7, 11) is 0. The summed E-state index contributed by atoms with van der Waals surface area (Å²) in [5.41, 5.74) is 6.20. The van der Waals surface area contributed by atoms with Gasteiger partial charge in [-0.3, -0.25) is 4.79 Å². The van der Waals surface area contributed by atoms with Gasteiger partial charge < -0.3 is 15.8 Å². The first kappa shape index (κ1) is 13.6. The highest BCUT2D eigenvalue weighted by molar-refractivity contribution is 5.73. The number of benzene rings is 1. The SMILES string of the molecule is CC(=O)NC1CCC(Oc2cc(F)ccc2N)CC1. The minimum Gasteiger partial charge on any atom is -0.488 e. The average Bonchev–Trinajstić information content (AvgIpc) is 2.35. The van der Waals surface area contributed by atoms with Crippen molar-refractivity contribution in [3.05, 3.63) is 24.0 Å². The molecule has 1 aromatic carbocycles. The van der Waals surface area contributed by atoms with E-state index in [1.807, 2.05) is 0 Å². The van der Waals surface area contributed by atoms with Gasteiger partial charge in [0.2, 0.25) is 5.91 Å². The monoisotopic (exact) mass is 266 g/mol. The van der Waals surface area contributed by atoms with Crippen molar-refractivity contribution < 1.29 is 13.9 Å². The molecule has 104 valence electrons. The lowest BCUT2D eigenvalue weighted by atomic mass is 9.93. The molecule has 0 spiro atoms. The molecule has 0 saturated heterocycles. The Labute approximate surface area is 112 Å². The van der Waals surface area contributed by atoms with Crippen molar-refractivity contribution in [3.63, 3.8) is 0 Å². The fraction of sp³-hybridized carbons (Fsp3) is 0.500. The van der Waals surface area contributed by atoms with E-state index < -0.39 is 0 Å². The molecule has 1 amide bonds. The molecule has 2 rings (SSSR count). The molecule has 3 N–H and O–H groups in total. The topological polar surface area (TPSA) is 64.3 Å². The van der Waals surface area contributed by atoms with E-state index in [9.17, 15) is 9.18 Å². The maximum absolute atomic E-state index is 13.1. The Kier molecular flexibility index (Phi) is 4.24. The predicted octanol–water partition coefficient (Wildman–Crippen LogP) is 2.23. The zero-order valence-corrected chi connectivity index (χ0v) is 11.0. The number of anilines is 1. The van der Waals surface area contributed by atoms with Crippen LogP contribution in [0.4, 0.5) is 10.1 Å². The fourth-order valence-electron chi connectivity index (χ4n) is 2.40. The van der Waals surface area contributed by atoms with Gasteiger partial charge in [-0.1, -0.05) is 0 Å². The zero-order chi connectivity index (χ0) is 13.8. The number of carbonyl (C=O) groups is 1. The molecule has 1 aliphatic carbocycles. The summed E-state index contributed by atoms with van der Waals surface area (Å²) in [6, 6.07) is 4.36. The molecule has 0 bridgehead atoms. The molecule has 0 aliphatic heterocycles. The number of nitrogens with two attached hydrogens (primary N) is 1. The average molecular weight is 266 g/mol. The van der Waals surface area contributed by atoms with E-state index in [0.29, 0.717) is 11.4 Å². The van der Waals surface area contributed by atoms with E-state index in [2.05, 4.69) is 5.32 Å². The quantitative estimate of drug-likeness (QED) is 0.825. The van der Waals surface area contributed by atoms with Crippen LogP contribution in [0.15, 0.2) is 18.2 Å². The van der Waals surface area contributed by atoms with Gasteiger partial charge in [-0.2, -0.15) is 0 Å². The molecule has 1 aliphatic rings. The van der Waals surface area contributed by atoms with Gasteiger partial charge in [0.05, 0.1) is 11.8 Å². The fourth-order valence-corrected chi connectivity index (χ4v) is 2.40. The number of amides is 1. The van der Waals surface area contributed by atoms with Crippen molar-refractivity contribution in [2.45, 2.75) is 44.8 Å². The molecule has 1 saturated carbocycles. The minimum absolute atomic E-state index is 0.00116. The highest BCUT2D eigenvalue weighted by atomic mass is 19.1. The maximum Gasteiger partial charge on any atom is 0.217 e. The van der Waals surface area contributed by atoms with Crippen molar-refractivity contribution >= 4 is 11.6 Å². The van der Waals surface area contributed by atoms with Crippen LogP contribution in [-0.4, -0.2) is 18.1 Å². The first-order valence-corrected chi connectivity index (χ1v) is 6.53. The molecule has 0 aromatic heterocycles. The van der Waals surface area contributed by atoms with Crippen LogP contribution in [0.1, 0.15) is 32.6 Å². The summed E-state index contributed by atoms with van der Waals surface area (Å²) in [6.07, 6.45) is 3.45. The molecule has 19 heavy (non-hydrogen) atoms. The van der Waals surface area contributed by atoms with Crippen LogP contribution < -0.4 is 15.8 Å². The molecule has 1 aromatic rings. The molecule has 4 nitrogen and oxygen atoms in total. The highest BCUT2D eigenvalue weighted by Gasteiger charge is 2.23. The van der Waals surface area contributed by atoms with E-state index >= 15 is 0 Å². The van der Waals surface area contributed by atoms with Crippen LogP contribution >= 0.6 is 0 Å². The van der Waals surface area contributed by atoms with Gasteiger partial charge in [0.1, 0.15) is 11.6 Å². The standard InChI is InChI=1S/C14H19FN2O2/c1-9(18)17-11-3-5-12(6-4-11)19-14-8-10(15)2-7-13(14)16/h2,7-8,11-12H,3-6,16H2,1H3,(H,17,18). The number of rotatable bonds is 3. The van der Waals surface area contributed by atoms with Crippen molar-refractivity contribution in [1.82, 2.24) is 5.32 Å². The van der Waals surface area contributed by atoms with Gasteiger partial charge >= 0.3 is 0 Å². The predicted molar refractivity (Wildman–Crippen MR) is 71.3 cm³/mol. The lowest BCUT2D eigenvalue weighted by Gasteiger charge is -2.29. The number of ether oxygens (including phenoxy) is 1. The van der Waals surface area contributed by atoms with Crippen molar-refractivity contribution in [2.24, 2.45) is 0 Å². The first-order valence-electron chi connectivity index (χ1n) is 6.53. The number of nitrogens with one attached hydrogen (secondary N) is 1. The molecule has 0 unspecified atom stereocenters. The molecular weight excluding hydrogens is 247 g/mol. The molecular formula is C14H19FN2O2. The number of halogens is 1. The van der Waals surface area contributed by atoms with Crippen LogP contribution in [0.2, 0.25) is 0 Å². The summed E-state index contributed by atoms with van der Waals surface area (Å²) in [5.74, 6) is 0.0536. The van der Waals surface area contributed by atoms with Crippen LogP contribution in [0.3, 0.4) is 0 Å². The van der Waals surface area contributed by atoms with Gasteiger partial charge in [0.25, 0.3) is 0 Å². The third-order valence-corrected chi connectivity index (χ3v) is 3.35. The summed E-state index contributed by atoms with van der Waals surface area (Å²) >= 11 is 0. The summed E-state index contributed by atoms with van der Waals surface area (Å²) in [5, 5.41) is 2.91. The Balaban J connectivity index is 1.88. The molecule has 5 heteroatoms. The molecule has 0 atom stereocenters. The third-order valence-electron chi connectivity index (χ3n) is 3.35. The largest absolute Gasteiger partial charge is 0.488 e. The second-order valence-corrected chi connectivity index (χ2v) is 4.97. The number of carbonyl (C=O) groups excluding carboxylic acids is 1. The van der Waals surface area contributed by atoms with E-state index in [0.717, 1.165) is 25.7 Å². The first-order chi connectivity index (χ1) is 9.04. The normalized spacial score (nSPS) is 22.8. The highest BCUT2D eigenvalue weighted by Crippen LogP contribution is 2.28. The Morgan fingerprint density at radius 2 is 2.05 bits per heavy atom. The Hall–Kier alpha value is -1.78. The minimum atomic E-state index is -0.351. The second-order valence-electron chi connectivity index (χ2n) is 4.97. The van der Waals surface area contributed by atoms with Crippen molar-refractivity contribution in [2.75, 3.05) is 5.73 Å². The van der Waals surface area contributed by atoms with Gasteiger partial charge in [-0.05, 0) is 37.8 Å². The van der Waals surface area contributed by atoms with Gasteiger partial charge in [0.15, 0.2) is 0 Å². The van der Waals surface area contributed by atoms with E-state index in [-0.39, 0.29) is 23.9 Å². The molecule has 0 radical (unpaired) electrons. The smallest absolute Gasteiger partial charge is 0.217 e. The third kappa shape index (κ3) is 3.84. The van der Waals surface area contributed by atoms with Crippen LogP contribution in [0, 0.1) is 5.82 Å². The number of hydrogen-bond acceptors (Lipinski definition) is 3. The van der Waals surface area contributed by atoms with Gasteiger partial charge in [-0.25, -0.2) is 4.39 Å². The van der Waals surface area contributed by atoms with Crippen LogP contribution in [-0.2, 0) is 4.79 Å². The van der Waals surface area contributed by atoms with Gasteiger partial charge in [0, 0.05) is 19.0 Å². The zero-order valence-electron chi connectivity index (χ0n) is 11.0. The molecule has 1 fully saturated rings. The summed E-state index contributed by atoms with van der Waals surface area (Å²) < 4.78 is 18.9. The number of nitrogen functional groups attached to an aromatic ring is 1. The summed E-state index contributed by atoms with van der Waals surface area (Å²) in [6.45, 7) is 1.52. The van der Waals surface area contributed by atoms with E-state index in [1.165, 1.54) is 25.1 Å². The van der Waals surface area contributed by atoms with Crippen LogP contribution in [0.5, 0.6) is 5.75 Å². The van der Waals surface area contributed by atoms with E-state index in [4.69, 9.17) is 10.5 Å².